The van der Waals surface area contributed by atoms with Crippen molar-refractivity contribution in [2.75, 3.05) is 30.9 Å². The van der Waals surface area contributed by atoms with Crippen molar-refractivity contribution in [3.63, 3.8) is 0 Å². The summed E-state index contributed by atoms with van der Waals surface area (Å²) in [4.78, 5) is 23.2. The van der Waals surface area contributed by atoms with Gasteiger partial charge in [0, 0.05) is 31.0 Å². The van der Waals surface area contributed by atoms with E-state index in [1.54, 1.807) is 13.2 Å². The molecule has 132 valence electrons. The molecule has 0 aliphatic carbocycles. The standard InChI is InChI=1S/C18H21N3O4/c1-3-13-6-4-5-7-15(13)20-18(22)14-8-9-16(19-10-11-25-2)17(12-14)21(23)24/h4-9,12,19H,3,10-11H2,1-2H3,(H,20,22). The average Bonchev–Trinajstić information content (AvgIpc) is 2.62. The van der Waals surface area contributed by atoms with Gasteiger partial charge in [-0.15, -0.1) is 0 Å². The van der Waals surface area contributed by atoms with Gasteiger partial charge in [0.2, 0.25) is 0 Å². The van der Waals surface area contributed by atoms with Crippen LogP contribution in [-0.2, 0) is 11.2 Å². The van der Waals surface area contributed by atoms with Crippen LogP contribution in [0.3, 0.4) is 0 Å². The number of carbonyl (C=O) groups is 1. The van der Waals surface area contributed by atoms with Crippen LogP contribution in [0, 0.1) is 10.1 Å². The Balaban J connectivity index is 2.22. The van der Waals surface area contributed by atoms with E-state index in [1.807, 2.05) is 31.2 Å². The zero-order valence-corrected chi connectivity index (χ0v) is 14.2. The first kappa shape index (κ1) is 18.4. The van der Waals surface area contributed by atoms with Crippen LogP contribution >= 0.6 is 0 Å². The van der Waals surface area contributed by atoms with E-state index in [4.69, 9.17) is 4.74 Å². The summed E-state index contributed by atoms with van der Waals surface area (Å²) in [6, 6.07) is 11.9. The van der Waals surface area contributed by atoms with E-state index in [2.05, 4.69) is 10.6 Å². The Morgan fingerprint density at radius 3 is 2.64 bits per heavy atom. The molecule has 2 aromatic rings. The second kappa shape index (κ2) is 8.79. The first-order chi connectivity index (χ1) is 12.1. The summed E-state index contributed by atoms with van der Waals surface area (Å²) in [7, 11) is 1.55. The molecule has 2 rings (SSSR count). The molecule has 0 radical (unpaired) electrons. The number of nitrogens with zero attached hydrogens (tertiary/aromatic N) is 1. The fourth-order valence-electron chi connectivity index (χ4n) is 2.41. The lowest BCUT2D eigenvalue weighted by molar-refractivity contribution is -0.384. The van der Waals surface area contributed by atoms with Gasteiger partial charge < -0.3 is 15.4 Å². The van der Waals surface area contributed by atoms with Crippen molar-refractivity contribution < 1.29 is 14.5 Å². The maximum atomic E-state index is 12.5. The lowest BCUT2D eigenvalue weighted by Gasteiger charge is -2.11. The van der Waals surface area contributed by atoms with E-state index >= 15 is 0 Å². The molecule has 0 aliphatic heterocycles. The Hall–Kier alpha value is -2.93. The highest BCUT2D eigenvalue weighted by Crippen LogP contribution is 2.26. The number of amides is 1. The Morgan fingerprint density at radius 2 is 1.96 bits per heavy atom. The Bertz CT molecular complexity index is 762. The van der Waals surface area contributed by atoms with Gasteiger partial charge in [0.15, 0.2) is 0 Å². The number of methoxy groups -OCH3 is 1. The molecule has 2 aromatic carbocycles. The van der Waals surface area contributed by atoms with Gasteiger partial charge in [-0.05, 0) is 30.2 Å². The smallest absolute Gasteiger partial charge is 0.293 e. The van der Waals surface area contributed by atoms with Crippen molar-refractivity contribution >= 4 is 23.0 Å². The molecule has 7 nitrogen and oxygen atoms in total. The molecule has 0 saturated heterocycles. The molecule has 0 aromatic heterocycles. The average molecular weight is 343 g/mol. The number of nitro groups is 1. The third-order valence-electron chi connectivity index (χ3n) is 3.72. The van der Waals surface area contributed by atoms with Crippen LogP contribution in [0.5, 0.6) is 0 Å². The molecule has 0 aliphatic rings. The molecular weight excluding hydrogens is 322 g/mol. The number of rotatable bonds is 8. The van der Waals surface area contributed by atoms with Crippen LogP contribution in [0.4, 0.5) is 17.1 Å². The third kappa shape index (κ3) is 4.77. The Morgan fingerprint density at radius 1 is 1.20 bits per heavy atom. The molecule has 0 atom stereocenters. The lowest BCUT2D eigenvalue weighted by Crippen LogP contribution is -2.14. The molecule has 0 fully saturated rings. The quantitative estimate of drug-likeness (QED) is 0.435. The van der Waals surface area contributed by atoms with Gasteiger partial charge in [0.1, 0.15) is 5.69 Å². The van der Waals surface area contributed by atoms with Gasteiger partial charge in [-0.2, -0.15) is 0 Å². The first-order valence-corrected chi connectivity index (χ1v) is 7.97. The Kier molecular flexibility index (Phi) is 6.47. The molecule has 2 N–H and O–H groups in total. The number of nitro benzene ring substituents is 1. The van der Waals surface area contributed by atoms with Crippen molar-refractivity contribution in [3.8, 4) is 0 Å². The van der Waals surface area contributed by atoms with Crippen LogP contribution < -0.4 is 10.6 Å². The molecule has 1 amide bonds. The highest BCUT2D eigenvalue weighted by Gasteiger charge is 2.18. The van der Waals surface area contributed by atoms with E-state index < -0.39 is 4.92 Å². The van der Waals surface area contributed by atoms with Crippen molar-refractivity contribution in [1.82, 2.24) is 0 Å². The fraction of sp³-hybridized carbons (Fsp3) is 0.278. The maximum Gasteiger partial charge on any atom is 0.293 e. The zero-order chi connectivity index (χ0) is 18.2. The number of ether oxygens (including phenoxy) is 1. The molecule has 0 bridgehead atoms. The Labute approximate surface area is 146 Å². The van der Waals surface area contributed by atoms with E-state index in [0.29, 0.717) is 24.5 Å². The van der Waals surface area contributed by atoms with Gasteiger partial charge in [-0.25, -0.2) is 0 Å². The first-order valence-electron chi connectivity index (χ1n) is 7.97. The van der Waals surface area contributed by atoms with E-state index in [9.17, 15) is 14.9 Å². The van der Waals surface area contributed by atoms with E-state index in [0.717, 1.165) is 12.0 Å². The van der Waals surface area contributed by atoms with Crippen molar-refractivity contribution in [2.24, 2.45) is 0 Å². The largest absolute Gasteiger partial charge is 0.383 e. The summed E-state index contributed by atoms with van der Waals surface area (Å²) in [5.41, 5.74) is 2.15. The van der Waals surface area contributed by atoms with Crippen molar-refractivity contribution in [3.05, 3.63) is 63.7 Å². The summed E-state index contributed by atoms with van der Waals surface area (Å²) in [5, 5.41) is 17.0. The number of para-hydroxylation sites is 1. The summed E-state index contributed by atoms with van der Waals surface area (Å²) in [6.07, 6.45) is 0.777. The number of benzene rings is 2. The van der Waals surface area contributed by atoms with E-state index in [1.165, 1.54) is 12.1 Å². The SMILES string of the molecule is CCc1ccccc1NC(=O)c1ccc(NCCOC)c([N+](=O)[O-])c1. The van der Waals surface area contributed by atoms with E-state index in [-0.39, 0.29) is 17.2 Å². The topological polar surface area (TPSA) is 93.5 Å². The maximum absolute atomic E-state index is 12.5. The third-order valence-corrected chi connectivity index (χ3v) is 3.72. The summed E-state index contributed by atoms with van der Waals surface area (Å²) in [6.45, 7) is 2.86. The zero-order valence-electron chi connectivity index (χ0n) is 14.2. The lowest BCUT2D eigenvalue weighted by atomic mass is 10.1. The van der Waals surface area contributed by atoms with Crippen LogP contribution in [0.25, 0.3) is 0 Å². The summed E-state index contributed by atoms with van der Waals surface area (Å²) >= 11 is 0. The minimum absolute atomic E-state index is 0.146. The molecule has 25 heavy (non-hydrogen) atoms. The predicted molar refractivity (Wildman–Crippen MR) is 97.2 cm³/mol. The van der Waals surface area contributed by atoms with Crippen LogP contribution in [-0.4, -0.2) is 31.1 Å². The number of aryl methyl sites for hydroxylation is 1. The molecule has 0 unspecified atom stereocenters. The van der Waals surface area contributed by atoms with Crippen LogP contribution in [0.15, 0.2) is 42.5 Å². The molecule has 0 heterocycles. The number of anilines is 2. The normalized spacial score (nSPS) is 10.3. The predicted octanol–water partition coefficient (Wildman–Crippen LogP) is 3.47. The number of hydrogen-bond donors (Lipinski definition) is 2. The summed E-state index contributed by atoms with van der Waals surface area (Å²) < 4.78 is 4.92. The minimum Gasteiger partial charge on any atom is -0.383 e. The number of nitrogens with one attached hydrogen (secondary N) is 2. The van der Waals surface area contributed by atoms with Crippen molar-refractivity contribution in [2.45, 2.75) is 13.3 Å². The van der Waals surface area contributed by atoms with Gasteiger partial charge in [0.05, 0.1) is 11.5 Å². The second-order valence-electron chi connectivity index (χ2n) is 5.37. The van der Waals surface area contributed by atoms with Gasteiger partial charge in [-0.1, -0.05) is 25.1 Å². The van der Waals surface area contributed by atoms with Crippen LogP contribution in [0.1, 0.15) is 22.8 Å². The second-order valence-corrected chi connectivity index (χ2v) is 5.37. The monoisotopic (exact) mass is 343 g/mol. The highest BCUT2D eigenvalue weighted by molar-refractivity contribution is 6.05. The van der Waals surface area contributed by atoms with Gasteiger partial charge >= 0.3 is 0 Å². The highest BCUT2D eigenvalue weighted by atomic mass is 16.6. The van der Waals surface area contributed by atoms with Gasteiger partial charge in [0.25, 0.3) is 11.6 Å². The fourth-order valence-corrected chi connectivity index (χ4v) is 2.41. The minimum atomic E-state index is -0.508. The number of carbonyl (C=O) groups excluding carboxylic acids is 1. The van der Waals surface area contributed by atoms with Crippen molar-refractivity contribution in [1.29, 1.82) is 0 Å². The molecule has 0 spiro atoms. The molecule has 7 heteroatoms. The molecular formula is C18H21N3O4. The molecule has 0 saturated carbocycles. The number of hydrogen-bond acceptors (Lipinski definition) is 5. The van der Waals surface area contributed by atoms with Gasteiger partial charge in [-0.3, -0.25) is 14.9 Å². The summed E-state index contributed by atoms with van der Waals surface area (Å²) in [5.74, 6) is -0.382. The van der Waals surface area contributed by atoms with Crippen LogP contribution in [0.2, 0.25) is 0 Å².